The first-order valence-corrected chi connectivity index (χ1v) is 13.8. The number of Topliss-reactive ketones (excluding diaryl/α,β-unsaturated/α-hetero) is 1. The van der Waals surface area contributed by atoms with E-state index in [9.17, 15) is 19.8 Å². The predicted molar refractivity (Wildman–Crippen MR) is 145 cm³/mol. The number of aliphatic hydroxyl groups excluding tert-OH is 2. The fraction of sp³-hybridized carbons (Fsp3) is 0.700. The third-order valence-electron chi connectivity index (χ3n) is 8.99. The van der Waals surface area contributed by atoms with Gasteiger partial charge in [0.05, 0.1) is 35.1 Å². The number of hydrogen-bond donors (Lipinski definition) is 2. The summed E-state index contributed by atoms with van der Waals surface area (Å²) in [4.78, 5) is 31.0. The molecule has 0 amide bonds. The Bertz CT molecular complexity index is 1110. The molecule has 0 radical (unpaired) electrons. The van der Waals surface area contributed by atoms with Gasteiger partial charge in [0.25, 0.3) is 0 Å². The first-order chi connectivity index (χ1) is 17.2. The van der Waals surface area contributed by atoms with Crippen LogP contribution in [0.25, 0.3) is 11.0 Å². The number of cyclic esters (lactones) is 1. The van der Waals surface area contributed by atoms with Gasteiger partial charge < -0.3 is 19.5 Å². The average molecular weight is 515 g/mol. The van der Waals surface area contributed by atoms with Crippen molar-refractivity contribution >= 4 is 22.8 Å². The Morgan fingerprint density at radius 2 is 1.68 bits per heavy atom. The van der Waals surface area contributed by atoms with Gasteiger partial charge in [0, 0.05) is 13.0 Å². The van der Waals surface area contributed by atoms with E-state index in [2.05, 4.69) is 18.8 Å². The van der Waals surface area contributed by atoms with E-state index in [1.807, 2.05) is 43.7 Å². The maximum atomic E-state index is 13.3. The molecule has 7 nitrogen and oxygen atoms in total. The normalized spacial score (nSPS) is 32.9. The minimum absolute atomic E-state index is 0.0337. The van der Waals surface area contributed by atoms with Crippen LogP contribution in [0.15, 0.2) is 18.2 Å². The zero-order chi connectivity index (χ0) is 27.7. The van der Waals surface area contributed by atoms with E-state index in [1.165, 1.54) is 0 Å². The van der Waals surface area contributed by atoms with Crippen molar-refractivity contribution in [2.75, 3.05) is 0 Å². The van der Waals surface area contributed by atoms with Crippen LogP contribution in [0.5, 0.6) is 0 Å². The second kappa shape index (κ2) is 11.6. The second-order valence-corrected chi connectivity index (χ2v) is 12.1. The molecule has 0 unspecified atom stereocenters. The number of imidazole rings is 1. The first kappa shape index (κ1) is 29.3. The third kappa shape index (κ3) is 6.43. The molecule has 0 saturated carbocycles. The van der Waals surface area contributed by atoms with E-state index in [0.29, 0.717) is 12.3 Å². The summed E-state index contributed by atoms with van der Waals surface area (Å²) < 4.78 is 8.04. The molecule has 1 saturated heterocycles. The van der Waals surface area contributed by atoms with Gasteiger partial charge in [0.15, 0.2) is 0 Å². The minimum atomic E-state index is -1.22. The number of ketones is 1. The highest BCUT2D eigenvalue weighted by Crippen LogP contribution is 2.36. The summed E-state index contributed by atoms with van der Waals surface area (Å²) in [6.45, 7) is 13.4. The number of esters is 1. The quantitative estimate of drug-likeness (QED) is 0.501. The molecule has 1 fully saturated rings. The van der Waals surface area contributed by atoms with Crippen molar-refractivity contribution in [3.63, 3.8) is 0 Å². The van der Waals surface area contributed by atoms with E-state index >= 15 is 0 Å². The van der Waals surface area contributed by atoms with Crippen LogP contribution in [0.2, 0.25) is 0 Å². The molecule has 2 heterocycles. The van der Waals surface area contributed by atoms with Crippen LogP contribution in [0.4, 0.5) is 0 Å². The van der Waals surface area contributed by atoms with E-state index < -0.39 is 35.6 Å². The van der Waals surface area contributed by atoms with E-state index in [-0.39, 0.29) is 24.0 Å². The SMILES string of the molecule is Cc1nc2cc([C@@H]3C[C@H](C)[C@@H](C)CCC[C@H](C)[C@H](O)[C@@H](C)C(=O)C(C)(C)[C@@H](O)CC(=O)O3)ccc2n1C. The largest absolute Gasteiger partial charge is 0.457 e. The highest BCUT2D eigenvalue weighted by atomic mass is 16.5. The minimum Gasteiger partial charge on any atom is -0.457 e. The van der Waals surface area contributed by atoms with Gasteiger partial charge >= 0.3 is 5.97 Å². The Morgan fingerprint density at radius 1 is 1.03 bits per heavy atom. The van der Waals surface area contributed by atoms with Gasteiger partial charge in [-0.3, -0.25) is 9.59 Å². The number of ether oxygens (including phenoxy) is 1. The highest BCUT2D eigenvalue weighted by Gasteiger charge is 2.42. The molecule has 206 valence electrons. The van der Waals surface area contributed by atoms with Gasteiger partial charge in [0.2, 0.25) is 0 Å². The predicted octanol–water partition coefficient (Wildman–Crippen LogP) is 5.29. The summed E-state index contributed by atoms with van der Waals surface area (Å²) in [5.74, 6) is 0.136. The van der Waals surface area contributed by atoms with Crippen molar-refractivity contribution in [3.8, 4) is 0 Å². The first-order valence-electron chi connectivity index (χ1n) is 13.8. The highest BCUT2D eigenvalue weighted by molar-refractivity contribution is 5.88. The Balaban J connectivity index is 1.93. The Kier molecular flexibility index (Phi) is 9.23. The van der Waals surface area contributed by atoms with Crippen molar-refractivity contribution < 1.29 is 24.5 Å². The summed E-state index contributed by atoms with van der Waals surface area (Å²) in [7, 11) is 1.98. The van der Waals surface area contributed by atoms with Crippen molar-refractivity contribution in [1.82, 2.24) is 9.55 Å². The van der Waals surface area contributed by atoms with Crippen LogP contribution >= 0.6 is 0 Å². The summed E-state index contributed by atoms with van der Waals surface area (Å²) >= 11 is 0. The molecule has 1 aromatic heterocycles. The summed E-state index contributed by atoms with van der Waals surface area (Å²) in [5.41, 5.74) is 1.56. The van der Waals surface area contributed by atoms with Gasteiger partial charge in [-0.25, -0.2) is 4.98 Å². The van der Waals surface area contributed by atoms with Crippen molar-refractivity contribution in [3.05, 3.63) is 29.6 Å². The maximum absolute atomic E-state index is 13.3. The molecule has 1 aliphatic heterocycles. The lowest BCUT2D eigenvalue weighted by atomic mass is 9.73. The van der Waals surface area contributed by atoms with Crippen LogP contribution in [-0.4, -0.2) is 43.7 Å². The van der Waals surface area contributed by atoms with E-state index in [0.717, 1.165) is 41.7 Å². The van der Waals surface area contributed by atoms with Crippen molar-refractivity contribution in [1.29, 1.82) is 0 Å². The standard InChI is InChI=1S/C30H46N2O5/c1-17-10-9-11-18(2)28(35)20(4)29(36)30(6,7)26(33)16-27(34)37-25(14-19(17)3)22-12-13-24-23(15-22)31-21(5)32(24)8/h12-13,15,17-20,25-26,28,33,35H,9-11,14,16H2,1-8H3/t17-,18-,19-,20+,25-,26-,28-/m0/s1. The lowest BCUT2D eigenvalue weighted by molar-refractivity contribution is -0.157. The molecular formula is C30H46N2O5. The van der Waals surface area contributed by atoms with E-state index in [1.54, 1.807) is 20.8 Å². The number of benzene rings is 1. The maximum Gasteiger partial charge on any atom is 0.309 e. The smallest absolute Gasteiger partial charge is 0.309 e. The fourth-order valence-electron chi connectivity index (χ4n) is 5.60. The summed E-state index contributed by atoms with van der Waals surface area (Å²) in [6.07, 6.45) is 0.636. The van der Waals surface area contributed by atoms with Crippen LogP contribution < -0.4 is 0 Å². The van der Waals surface area contributed by atoms with Crippen molar-refractivity contribution in [2.24, 2.45) is 36.1 Å². The molecule has 2 aromatic rings. The number of hydrogen-bond acceptors (Lipinski definition) is 6. The van der Waals surface area contributed by atoms with E-state index in [4.69, 9.17) is 4.74 Å². The Labute approximate surface area is 221 Å². The monoisotopic (exact) mass is 514 g/mol. The van der Waals surface area contributed by atoms with Gasteiger partial charge in [-0.1, -0.05) is 60.5 Å². The molecule has 7 heteroatoms. The number of rotatable bonds is 1. The molecule has 37 heavy (non-hydrogen) atoms. The lowest BCUT2D eigenvalue weighted by Gasteiger charge is -2.35. The number of aromatic nitrogens is 2. The third-order valence-corrected chi connectivity index (χ3v) is 8.99. The second-order valence-electron chi connectivity index (χ2n) is 12.1. The molecule has 1 aliphatic rings. The number of nitrogens with zero attached hydrogens (tertiary/aromatic N) is 2. The number of aryl methyl sites for hydroxylation is 2. The number of carbonyl (C=O) groups is 2. The molecule has 7 atom stereocenters. The van der Waals surface area contributed by atoms with Crippen LogP contribution in [0, 0.1) is 36.0 Å². The number of fused-ring (bicyclic) bond motifs is 1. The molecular weight excluding hydrogens is 468 g/mol. The van der Waals surface area contributed by atoms with Gasteiger partial charge in [0.1, 0.15) is 17.7 Å². The van der Waals surface area contributed by atoms with Crippen molar-refractivity contribution in [2.45, 2.75) is 98.9 Å². The Hall–Kier alpha value is -2.25. The number of aliphatic hydroxyl groups is 2. The summed E-state index contributed by atoms with van der Waals surface area (Å²) in [5, 5.41) is 21.8. The fourth-order valence-corrected chi connectivity index (χ4v) is 5.60. The molecule has 1 aromatic carbocycles. The van der Waals surface area contributed by atoms with Crippen LogP contribution in [-0.2, 0) is 21.4 Å². The van der Waals surface area contributed by atoms with Gasteiger partial charge in [-0.15, -0.1) is 0 Å². The summed E-state index contributed by atoms with van der Waals surface area (Å²) in [6, 6.07) is 5.99. The average Bonchev–Trinajstić information content (AvgIpc) is 3.13. The van der Waals surface area contributed by atoms with Gasteiger partial charge in [-0.2, -0.15) is 0 Å². The zero-order valence-corrected chi connectivity index (χ0v) is 23.8. The van der Waals surface area contributed by atoms with Crippen LogP contribution in [0.1, 0.15) is 91.1 Å². The Morgan fingerprint density at radius 3 is 2.35 bits per heavy atom. The molecule has 0 spiro atoms. The molecule has 0 bridgehead atoms. The van der Waals surface area contributed by atoms with Gasteiger partial charge in [-0.05, 0) is 55.2 Å². The lowest BCUT2D eigenvalue weighted by Crippen LogP contribution is -2.45. The molecule has 0 aliphatic carbocycles. The zero-order valence-electron chi connectivity index (χ0n) is 23.8. The topological polar surface area (TPSA) is 102 Å². The van der Waals surface area contributed by atoms with Crippen LogP contribution in [0.3, 0.4) is 0 Å². The molecule has 2 N–H and O–H groups in total. The number of carbonyl (C=O) groups excluding carboxylic acids is 2. The molecule has 3 rings (SSSR count).